The number of amides is 1. The number of nitrogens with zero attached hydrogens (tertiary/aromatic N) is 6. The zero-order chi connectivity index (χ0) is 38.1. The summed E-state index contributed by atoms with van der Waals surface area (Å²) in [4.78, 5) is 29.8. The third-order valence-corrected chi connectivity index (χ3v) is 12.1. The van der Waals surface area contributed by atoms with Crippen LogP contribution in [0.15, 0.2) is 48.7 Å². The van der Waals surface area contributed by atoms with Crippen molar-refractivity contribution in [2.75, 3.05) is 40.9 Å². The van der Waals surface area contributed by atoms with Crippen molar-refractivity contribution in [3.63, 3.8) is 0 Å². The Kier molecular flexibility index (Phi) is 10.8. The number of methoxy groups -OCH3 is 2. The maximum atomic E-state index is 14.4. The van der Waals surface area contributed by atoms with Crippen LogP contribution in [0, 0.1) is 23.7 Å². The molecule has 0 atom stereocenters. The fraction of sp³-hybridized carbons (Fsp3) is 0.537. The van der Waals surface area contributed by atoms with Gasteiger partial charge in [0.1, 0.15) is 22.7 Å². The molecule has 13 heteroatoms. The molecule has 0 aliphatic heterocycles. The molecule has 0 spiro atoms. The molecular weight excluding hydrogens is 685 g/mol. The van der Waals surface area contributed by atoms with E-state index >= 15 is 0 Å². The summed E-state index contributed by atoms with van der Waals surface area (Å²) in [5.41, 5.74) is 9.14. The second-order valence-electron chi connectivity index (χ2n) is 15.9. The number of ether oxygens (including phenoxy) is 2. The van der Waals surface area contributed by atoms with E-state index in [4.69, 9.17) is 20.3 Å². The van der Waals surface area contributed by atoms with Crippen LogP contribution in [0.25, 0.3) is 28.2 Å². The summed E-state index contributed by atoms with van der Waals surface area (Å²) in [6.45, 7) is 7.60. The molecule has 0 saturated heterocycles. The molecule has 4 aliphatic rings. The van der Waals surface area contributed by atoms with Crippen LogP contribution in [0.4, 0.5) is 0 Å². The lowest BCUT2D eigenvalue weighted by atomic mass is 9.48. The van der Waals surface area contributed by atoms with E-state index in [0.29, 0.717) is 41.1 Å². The molecule has 288 valence electrons. The van der Waals surface area contributed by atoms with Crippen LogP contribution in [0.1, 0.15) is 80.8 Å². The molecule has 2 aromatic heterocycles. The lowest BCUT2D eigenvalue weighted by Crippen LogP contribution is -2.70. The number of carboxylic acids is 1. The van der Waals surface area contributed by atoms with Gasteiger partial charge in [-0.25, -0.2) is 9.48 Å². The van der Waals surface area contributed by atoms with Gasteiger partial charge in [-0.3, -0.25) is 9.48 Å². The predicted octanol–water partition coefficient (Wildman–Crippen LogP) is 5.62. The lowest BCUT2D eigenvalue weighted by Gasteiger charge is -2.59. The minimum atomic E-state index is -1.31. The van der Waals surface area contributed by atoms with Crippen LogP contribution in [-0.2, 0) is 11.3 Å². The Morgan fingerprint density at radius 2 is 1.67 bits per heavy atom. The van der Waals surface area contributed by atoms with Gasteiger partial charge in [-0.1, -0.05) is 31.2 Å². The Bertz CT molecular complexity index is 1930. The van der Waals surface area contributed by atoms with Crippen molar-refractivity contribution in [3.05, 3.63) is 59.9 Å². The number of aliphatic carboxylic acids is 1. The van der Waals surface area contributed by atoms with E-state index in [2.05, 4.69) is 47.5 Å². The average Bonchev–Trinajstić information content (AvgIpc) is 3.82. The number of carboxylic acid groups (broad SMARTS) is 1. The summed E-state index contributed by atoms with van der Waals surface area (Å²) in [5, 5.41) is 27.7. The van der Waals surface area contributed by atoms with Crippen LogP contribution >= 0.6 is 0 Å². The van der Waals surface area contributed by atoms with Crippen molar-refractivity contribution in [1.82, 2.24) is 35.0 Å². The number of nitrogens with two attached hydrogens (primary N) is 1. The van der Waals surface area contributed by atoms with Crippen LogP contribution in [-0.4, -0.2) is 93.1 Å². The SMILES string of the molecule is COc1cccc(OC)c1-c1cc(C(=O)NC2(C(=O)O)C3CC4CC(C3)CC2C4)nn1-c1ccc(-c2cn(CCCN(C)CCCN)nn2)cc1C(C)C. The first-order valence-corrected chi connectivity index (χ1v) is 19.4. The number of hydrogen-bond donors (Lipinski definition) is 3. The maximum Gasteiger partial charge on any atom is 0.330 e. The molecule has 2 heterocycles. The molecule has 13 nitrogen and oxygen atoms in total. The molecule has 4 aromatic rings. The van der Waals surface area contributed by atoms with Gasteiger partial charge in [0.2, 0.25) is 0 Å². The zero-order valence-electron chi connectivity index (χ0n) is 32.1. The molecule has 4 N–H and O–H groups in total. The third kappa shape index (κ3) is 6.99. The molecule has 4 fully saturated rings. The van der Waals surface area contributed by atoms with Crippen molar-refractivity contribution in [2.45, 2.75) is 76.8 Å². The first-order valence-electron chi connectivity index (χ1n) is 19.4. The number of rotatable bonds is 16. The number of nitrogens with one attached hydrogen (secondary N) is 1. The first-order chi connectivity index (χ1) is 26.1. The topological polar surface area (TPSA) is 163 Å². The number of aryl methyl sites for hydroxylation is 1. The molecule has 0 radical (unpaired) electrons. The molecule has 54 heavy (non-hydrogen) atoms. The van der Waals surface area contributed by atoms with Gasteiger partial charge in [0, 0.05) is 12.1 Å². The van der Waals surface area contributed by atoms with Crippen LogP contribution in [0.5, 0.6) is 11.5 Å². The predicted molar refractivity (Wildman–Crippen MR) is 206 cm³/mol. The van der Waals surface area contributed by atoms with E-state index in [1.54, 1.807) is 25.0 Å². The molecule has 2 aromatic carbocycles. The summed E-state index contributed by atoms with van der Waals surface area (Å²) >= 11 is 0. The summed E-state index contributed by atoms with van der Waals surface area (Å²) in [6.07, 6.45) is 8.41. The lowest BCUT2D eigenvalue weighted by molar-refractivity contribution is -0.163. The summed E-state index contributed by atoms with van der Waals surface area (Å²) in [7, 11) is 5.30. The quantitative estimate of drug-likeness (QED) is 0.132. The largest absolute Gasteiger partial charge is 0.496 e. The number of benzene rings is 2. The normalized spacial score (nSPS) is 23.0. The molecular formula is C41H54N8O5. The monoisotopic (exact) mass is 738 g/mol. The van der Waals surface area contributed by atoms with Gasteiger partial charge < -0.3 is 30.5 Å². The van der Waals surface area contributed by atoms with Crippen molar-refractivity contribution >= 4 is 11.9 Å². The van der Waals surface area contributed by atoms with Crippen LogP contribution < -0.4 is 20.5 Å². The fourth-order valence-corrected chi connectivity index (χ4v) is 9.63. The van der Waals surface area contributed by atoms with Crippen molar-refractivity contribution < 1.29 is 24.2 Å². The Hall–Kier alpha value is -4.75. The summed E-state index contributed by atoms with van der Waals surface area (Å²) in [5.74, 6) is 0.631. The molecule has 4 saturated carbocycles. The second-order valence-corrected chi connectivity index (χ2v) is 15.9. The van der Waals surface area contributed by atoms with Crippen LogP contribution in [0.3, 0.4) is 0 Å². The molecule has 1 amide bonds. The van der Waals surface area contributed by atoms with Gasteiger partial charge in [0.05, 0.1) is 37.4 Å². The van der Waals surface area contributed by atoms with Crippen molar-refractivity contribution in [1.29, 1.82) is 0 Å². The molecule has 4 bridgehead atoms. The van der Waals surface area contributed by atoms with E-state index in [1.807, 2.05) is 41.2 Å². The standard InChI is InChI=1S/C41H54N8O5/c1-25(2)31-22-28(33-24-48(46-44-33)16-8-15-47(3)14-7-13-42)11-12-34(31)49-35(38-36(53-4)9-6-10-37(38)54-5)23-32(45-49)39(50)43-41(40(51)52)29-18-26-17-27(20-29)21-30(41)19-26/h6,9-12,22-27,29-30H,7-8,13-21,42H2,1-5H3,(H,43,50)(H,51,52). The average molecular weight is 739 g/mol. The van der Waals surface area contributed by atoms with E-state index in [9.17, 15) is 14.7 Å². The summed E-state index contributed by atoms with van der Waals surface area (Å²) < 4.78 is 15.3. The number of aromatic nitrogens is 5. The van der Waals surface area contributed by atoms with Gasteiger partial charge in [0.15, 0.2) is 5.69 Å². The van der Waals surface area contributed by atoms with Gasteiger partial charge in [0.25, 0.3) is 5.91 Å². The van der Waals surface area contributed by atoms with Gasteiger partial charge in [-0.15, -0.1) is 5.10 Å². The van der Waals surface area contributed by atoms with Gasteiger partial charge in [-0.2, -0.15) is 5.10 Å². The molecule has 4 aliphatic carbocycles. The Balaban J connectivity index is 1.25. The highest BCUT2D eigenvalue weighted by atomic mass is 16.5. The van der Waals surface area contributed by atoms with Gasteiger partial charge in [-0.05, 0) is 137 Å². The maximum absolute atomic E-state index is 14.4. The highest BCUT2D eigenvalue weighted by Crippen LogP contribution is 2.58. The molecule has 8 rings (SSSR count). The van der Waals surface area contributed by atoms with E-state index in [-0.39, 0.29) is 23.4 Å². The smallest absolute Gasteiger partial charge is 0.330 e. The highest BCUT2D eigenvalue weighted by molar-refractivity contribution is 5.98. The van der Waals surface area contributed by atoms with Gasteiger partial charge >= 0.3 is 5.97 Å². The third-order valence-electron chi connectivity index (χ3n) is 12.1. The van der Waals surface area contributed by atoms with Crippen molar-refractivity contribution in [2.24, 2.45) is 29.4 Å². The Morgan fingerprint density at radius 3 is 2.28 bits per heavy atom. The second kappa shape index (κ2) is 15.5. The minimum absolute atomic E-state index is 0.0660. The minimum Gasteiger partial charge on any atom is -0.496 e. The van der Waals surface area contributed by atoms with Crippen molar-refractivity contribution in [3.8, 4) is 39.7 Å². The number of carbonyl (C=O) groups excluding carboxylic acids is 1. The van der Waals surface area contributed by atoms with E-state index in [0.717, 1.165) is 80.7 Å². The molecule has 0 unspecified atom stereocenters. The zero-order valence-corrected chi connectivity index (χ0v) is 32.1. The van der Waals surface area contributed by atoms with E-state index < -0.39 is 17.4 Å². The highest BCUT2D eigenvalue weighted by Gasteiger charge is 2.62. The number of carbonyl (C=O) groups is 2. The summed E-state index contributed by atoms with van der Waals surface area (Å²) in [6, 6.07) is 13.3. The van der Waals surface area contributed by atoms with Crippen LogP contribution in [0.2, 0.25) is 0 Å². The Labute approximate surface area is 317 Å². The first kappa shape index (κ1) is 37.6. The number of hydrogen-bond acceptors (Lipinski definition) is 9. The Morgan fingerprint density at radius 1 is 1.00 bits per heavy atom. The van der Waals surface area contributed by atoms with E-state index in [1.165, 1.54) is 6.42 Å². The fourth-order valence-electron chi connectivity index (χ4n) is 9.63.